The Morgan fingerprint density at radius 1 is 1.15 bits per heavy atom. The van der Waals surface area contributed by atoms with Crippen LogP contribution in [0.4, 0.5) is 5.69 Å². The van der Waals surface area contributed by atoms with Gasteiger partial charge in [0.1, 0.15) is 6.54 Å². The summed E-state index contributed by atoms with van der Waals surface area (Å²) < 4.78 is 27.5. The highest BCUT2D eigenvalue weighted by molar-refractivity contribution is 7.92. The molecule has 1 N–H and O–H groups in total. The number of sulfonamides is 1. The van der Waals surface area contributed by atoms with Crippen molar-refractivity contribution in [2.75, 3.05) is 17.1 Å². The van der Waals surface area contributed by atoms with Crippen LogP contribution in [0.3, 0.4) is 0 Å². The predicted molar refractivity (Wildman–Crippen MR) is 139 cm³/mol. The van der Waals surface area contributed by atoms with E-state index in [1.165, 1.54) is 6.21 Å². The van der Waals surface area contributed by atoms with Crippen molar-refractivity contribution in [2.24, 2.45) is 5.10 Å². The highest BCUT2D eigenvalue weighted by atomic mass is 35.5. The van der Waals surface area contributed by atoms with Crippen molar-refractivity contribution in [3.8, 4) is 5.69 Å². The number of hydrogen-bond acceptors (Lipinski definition) is 4. The van der Waals surface area contributed by atoms with Gasteiger partial charge in [-0.05, 0) is 56.2 Å². The zero-order valence-corrected chi connectivity index (χ0v) is 21.7. The summed E-state index contributed by atoms with van der Waals surface area (Å²) in [5.74, 6) is -0.562. The Balaban J connectivity index is 1.76. The van der Waals surface area contributed by atoms with Crippen LogP contribution in [0, 0.1) is 13.8 Å². The van der Waals surface area contributed by atoms with E-state index in [4.69, 9.17) is 23.2 Å². The Hall–Kier alpha value is -2.81. The zero-order chi connectivity index (χ0) is 25.0. The summed E-state index contributed by atoms with van der Waals surface area (Å²) in [6.07, 6.45) is 3.40. The average molecular weight is 521 g/mol. The van der Waals surface area contributed by atoms with Crippen LogP contribution in [0.1, 0.15) is 29.4 Å². The Labute approximate surface area is 210 Å². The molecule has 0 saturated heterocycles. The van der Waals surface area contributed by atoms with Crippen LogP contribution < -0.4 is 9.73 Å². The van der Waals surface area contributed by atoms with Gasteiger partial charge >= 0.3 is 0 Å². The van der Waals surface area contributed by atoms with Gasteiger partial charge < -0.3 is 4.57 Å². The molecule has 3 aromatic rings. The van der Waals surface area contributed by atoms with E-state index in [9.17, 15) is 13.2 Å². The number of halogens is 2. The van der Waals surface area contributed by atoms with Crippen molar-refractivity contribution in [1.82, 2.24) is 9.99 Å². The zero-order valence-electron chi connectivity index (χ0n) is 19.3. The molecule has 10 heteroatoms. The molecule has 1 amide bonds. The van der Waals surface area contributed by atoms with Gasteiger partial charge in [-0.3, -0.25) is 9.10 Å². The first-order valence-corrected chi connectivity index (χ1v) is 13.1. The van der Waals surface area contributed by atoms with E-state index < -0.39 is 22.5 Å². The number of hydrogen-bond donors (Lipinski definition) is 1. The van der Waals surface area contributed by atoms with E-state index in [1.54, 1.807) is 18.2 Å². The van der Waals surface area contributed by atoms with Gasteiger partial charge in [-0.2, -0.15) is 5.10 Å². The number of amides is 1. The fourth-order valence-corrected chi connectivity index (χ4v) is 4.83. The number of benzene rings is 2. The Morgan fingerprint density at radius 2 is 1.82 bits per heavy atom. The summed E-state index contributed by atoms with van der Waals surface area (Å²) in [7, 11) is -3.66. The summed E-state index contributed by atoms with van der Waals surface area (Å²) in [6.45, 7) is 5.45. The molecule has 0 saturated carbocycles. The molecule has 1 heterocycles. The second-order valence-corrected chi connectivity index (χ2v) is 10.5. The van der Waals surface area contributed by atoms with Crippen molar-refractivity contribution in [2.45, 2.75) is 27.2 Å². The minimum Gasteiger partial charge on any atom is -0.316 e. The normalized spacial score (nSPS) is 11.7. The molecule has 0 unspecified atom stereocenters. The molecule has 0 spiro atoms. The molecule has 180 valence electrons. The third-order valence-electron chi connectivity index (χ3n) is 5.36. The Bertz CT molecular complexity index is 1330. The number of carbonyl (C=O) groups excluding carboxylic acids is 1. The van der Waals surface area contributed by atoms with Crippen LogP contribution in [0.25, 0.3) is 5.69 Å². The molecule has 0 aliphatic heterocycles. The van der Waals surface area contributed by atoms with Gasteiger partial charge in [-0.15, -0.1) is 0 Å². The first kappa shape index (κ1) is 25.8. The Morgan fingerprint density at radius 3 is 2.44 bits per heavy atom. The maximum atomic E-state index is 12.5. The molecule has 0 fully saturated rings. The first-order valence-electron chi connectivity index (χ1n) is 10.5. The highest BCUT2D eigenvalue weighted by Gasteiger charge is 2.21. The monoisotopic (exact) mass is 520 g/mol. The maximum absolute atomic E-state index is 12.5. The number of hydrazone groups is 1. The fraction of sp³-hybridized carbons (Fsp3) is 0.250. The standard InChI is InChI=1S/C24H26Cl2N4O3S/c1-5-18-9-11-20(12-10-18)29(34(4,32)33)15-23(31)28-27-14-19-13-16(2)30(17(19)3)22-8-6-7-21(25)24(22)26/h6-14H,5,15H2,1-4H3,(H,28,31)/b27-14-. The van der Waals surface area contributed by atoms with Crippen LogP contribution in [-0.4, -0.2) is 37.9 Å². The lowest BCUT2D eigenvalue weighted by Gasteiger charge is -2.21. The van der Waals surface area contributed by atoms with Crippen molar-refractivity contribution in [1.29, 1.82) is 0 Å². The fourth-order valence-electron chi connectivity index (χ4n) is 3.59. The highest BCUT2D eigenvalue weighted by Crippen LogP contribution is 2.31. The summed E-state index contributed by atoms with van der Waals surface area (Å²) in [5.41, 5.74) is 7.17. The van der Waals surface area contributed by atoms with Gasteiger partial charge in [0.05, 0.1) is 33.9 Å². The SMILES string of the molecule is CCc1ccc(N(CC(=O)N/N=C\c2cc(C)n(-c3cccc(Cl)c3Cl)c2C)S(C)(=O)=O)cc1. The van der Waals surface area contributed by atoms with Gasteiger partial charge in [0.25, 0.3) is 5.91 Å². The average Bonchev–Trinajstić information content (AvgIpc) is 3.06. The van der Waals surface area contributed by atoms with Crippen LogP contribution in [0.15, 0.2) is 53.6 Å². The largest absolute Gasteiger partial charge is 0.316 e. The predicted octanol–water partition coefficient (Wildman–Crippen LogP) is 4.88. The molecule has 2 aromatic carbocycles. The third-order valence-corrected chi connectivity index (χ3v) is 7.30. The van der Waals surface area contributed by atoms with Crippen LogP contribution >= 0.6 is 23.2 Å². The van der Waals surface area contributed by atoms with Gasteiger partial charge in [0.2, 0.25) is 10.0 Å². The van der Waals surface area contributed by atoms with E-state index in [2.05, 4.69) is 10.5 Å². The number of rotatable bonds is 8. The minimum atomic E-state index is -3.66. The van der Waals surface area contributed by atoms with E-state index in [1.807, 2.05) is 55.7 Å². The van der Waals surface area contributed by atoms with Gasteiger partial charge in [0.15, 0.2) is 0 Å². The van der Waals surface area contributed by atoms with Crippen LogP contribution in [0.5, 0.6) is 0 Å². The van der Waals surface area contributed by atoms with E-state index in [0.717, 1.165) is 45.2 Å². The smallest absolute Gasteiger partial charge is 0.260 e. The molecular formula is C24H26Cl2N4O3S. The molecular weight excluding hydrogens is 495 g/mol. The molecule has 1 aromatic heterocycles. The number of nitrogens with one attached hydrogen (secondary N) is 1. The lowest BCUT2D eigenvalue weighted by Crippen LogP contribution is -2.39. The lowest BCUT2D eigenvalue weighted by molar-refractivity contribution is -0.119. The summed E-state index contributed by atoms with van der Waals surface area (Å²) in [6, 6.07) is 14.4. The molecule has 7 nitrogen and oxygen atoms in total. The summed E-state index contributed by atoms with van der Waals surface area (Å²) in [4.78, 5) is 12.5. The van der Waals surface area contributed by atoms with Crippen molar-refractivity contribution >= 4 is 51.0 Å². The van der Waals surface area contributed by atoms with Crippen LogP contribution in [0.2, 0.25) is 10.0 Å². The molecule has 0 radical (unpaired) electrons. The molecule has 0 aliphatic rings. The molecule has 0 atom stereocenters. The maximum Gasteiger partial charge on any atom is 0.260 e. The number of aryl methyl sites for hydroxylation is 2. The molecule has 34 heavy (non-hydrogen) atoms. The molecule has 0 bridgehead atoms. The molecule has 3 rings (SSSR count). The Kier molecular flexibility index (Phi) is 8.07. The van der Waals surface area contributed by atoms with Crippen molar-refractivity contribution in [3.63, 3.8) is 0 Å². The van der Waals surface area contributed by atoms with Gasteiger partial charge in [-0.1, -0.05) is 48.3 Å². The quantitative estimate of drug-likeness (QED) is 0.339. The topological polar surface area (TPSA) is 83.8 Å². The van der Waals surface area contributed by atoms with E-state index >= 15 is 0 Å². The second kappa shape index (κ2) is 10.6. The first-order chi connectivity index (χ1) is 16.0. The lowest BCUT2D eigenvalue weighted by atomic mass is 10.1. The van der Waals surface area contributed by atoms with Crippen molar-refractivity contribution in [3.05, 3.63) is 81.1 Å². The second-order valence-electron chi connectivity index (χ2n) is 7.82. The van der Waals surface area contributed by atoms with Crippen molar-refractivity contribution < 1.29 is 13.2 Å². The number of carbonyl (C=O) groups is 1. The summed E-state index contributed by atoms with van der Waals surface area (Å²) in [5, 5.41) is 4.92. The van der Waals surface area contributed by atoms with Crippen LogP contribution in [-0.2, 0) is 21.2 Å². The van der Waals surface area contributed by atoms with E-state index in [-0.39, 0.29) is 0 Å². The molecule has 0 aliphatic carbocycles. The third kappa shape index (κ3) is 5.81. The number of anilines is 1. The van der Waals surface area contributed by atoms with Gasteiger partial charge in [0, 0.05) is 17.0 Å². The number of nitrogens with zero attached hydrogens (tertiary/aromatic N) is 3. The van der Waals surface area contributed by atoms with E-state index in [0.29, 0.717) is 15.7 Å². The van der Waals surface area contributed by atoms with Gasteiger partial charge in [-0.25, -0.2) is 13.8 Å². The summed E-state index contributed by atoms with van der Waals surface area (Å²) >= 11 is 12.5. The number of aromatic nitrogens is 1. The minimum absolute atomic E-state index is 0.390.